The lowest BCUT2D eigenvalue weighted by Crippen LogP contribution is -2.46. The number of aryl methyl sites for hydroxylation is 1. The van der Waals surface area contributed by atoms with Gasteiger partial charge in [-0.1, -0.05) is 11.6 Å². The monoisotopic (exact) mass is 316 g/mol. The second-order valence-corrected chi connectivity index (χ2v) is 6.98. The maximum absolute atomic E-state index is 6.11. The summed E-state index contributed by atoms with van der Waals surface area (Å²) in [6.45, 7) is 10.3. The number of rotatable bonds is 3. The molecule has 0 unspecified atom stereocenters. The number of hydrogen-bond donors (Lipinski definition) is 0. The first-order valence-corrected chi connectivity index (χ1v) is 8.57. The summed E-state index contributed by atoms with van der Waals surface area (Å²) in [7, 11) is 1.73. The van der Waals surface area contributed by atoms with Crippen LogP contribution in [-0.2, 0) is 11.3 Å². The Balaban J connectivity index is 1.67. The van der Waals surface area contributed by atoms with Gasteiger partial charge in [0, 0.05) is 37.0 Å². The van der Waals surface area contributed by atoms with Gasteiger partial charge in [-0.3, -0.25) is 9.88 Å². The van der Waals surface area contributed by atoms with Crippen molar-refractivity contribution in [2.75, 3.05) is 26.8 Å². The summed E-state index contributed by atoms with van der Waals surface area (Å²) in [4.78, 5) is 7.11. The fourth-order valence-electron chi connectivity index (χ4n) is 3.80. The van der Waals surface area contributed by atoms with Gasteiger partial charge in [0.2, 0.25) is 0 Å². The number of piperidine rings is 1. The summed E-state index contributed by atoms with van der Waals surface area (Å²) in [5, 5.41) is 0. The molecule has 1 aromatic rings. The summed E-state index contributed by atoms with van der Waals surface area (Å²) in [6, 6.07) is 0. The van der Waals surface area contributed by atoms with Crippen molar-refractivity contribution in [1.29, 1.82) is 0 Å². The maximum Gasteiger partial charge on any atom is 0.128 e. The Morgan fingerprint density at radius 1 is 1.26 bits per heavy atom. The topological polar surface area (TPSA) is 34.6 Å². The van der Waals surface area contributed by atoms with Gasteiger partial charge in [-0.25, -0.2) is 0 Å². The van der Waals surface area contributed by atoms with Crippen molar-refractivity contribution in [3.63, 3.8) is 0 Å². The van der Waals surface area contributed by atoms with E-state index >= 15 is 0 Å². The highest BCUT2D eigenvalue weighted by Gasteiger charge is 2.35. The highest BCUT2D eigenvalue weighted by molar-refractivity contribution is 5.41. The molecule has 2 aliphatic heterocycles. The smallest absolute Gasteiger partial charge is 0.128 e. The molecule has 0 atom stereocenters. The zero-order chi connectivity index (χ0) is 16.4. The molecule has 1 saturated heterocycles. The van der Waals surface area contributed by atoms with Crippen LogP contribution in [-0.4, -0.2) is 42.3 Å². The molecule has 4 heteroatoms. The molecule has 1 fully saturated rings. The molecule has 126 valence electrons. The van der Waals surface area contributed by atoms with Crippen molar-refractivity contribution in [3.05, 3.63) is 34.7 Å². The van der Waals surface area contributed by atoms with E-state index in [1.807, 2.05) is 13.1 Å². The highest BCUT2D eigenvalue weighted by Crippen LogP contribution is 2.34. The molecule has 4 nitrogen and oxygen atoms in total. The second-order valence-electron chi connectivity index (χ2n) is 6.98. The first kappa shape index (κ1) is 16.5. The third kappa shape index (κ3) is 3.43. The summed E-state index contributed by atoms with van der Waals surface area (Å²) in [5.74, 6) is 0.970. The van der Waals surface area contributed by atoms with Gasteiger partial charge in [-0.05, 0) is 40.0 Å². The van der Waals surface area contributed by atoms with Crippen molar-refractivity contribution in [2.24, 2.45) is 0 Å². The first-order chi connectivity index (χ1) is 11.0. The first-order valence-electron chi connectivity index (χ1n) is 8.57. The quantitative estimate of drug-likeness (QED) is 0.801. The average molecular weight is 316 g/mol. The number of likely N-dealkylation sites (tertiary alicyclic amines) is 1. The van der Waals surface area contributed by atoms with Crippen LogP contribution >= 0.6 is 0 Å². The minimum atomic E-state index is -0.00767. The predicted octanol–water partition coefficient (Wildman–Crippen LogP) is 3.41. The van der Waals surface area contributed by atoms with E-state index < -0.39 is 0 Å². The van der Waals surface area contributed by atoms with Crippen LogP contribution in [0.4, 0.5) is 0 Å². The summed E-state index contributed by atoms with van der Waals surface area (Å²) in [6.07, 6.45) is 7.52. The third-order valence-electron chi connectivity index (χ3n) is 5.22. The SMILES string of the molecule is COc1c(C)cnc(CN2CCC3(C=C(C)CCO3)CC2)c1C. The van der Waals surface area contributed by atoms with E-state index in [-0.39, 0.29) is 5.60 Å². The lowest BCUT2D eigenvalue weighted by molar-refractivity contribution is -0.0578. The van der Waals surface area contributed by atoms with Gasteiger partial charge in [0.05, 0.1) is 25.0 Å². The van der Waals surface area contributed by atoms with Gasteiger partial charge in [-0.2, -0.15) is 0 Å². The van der Waals surface area contributed by atoms with E-state index in [4.69, 9.17) is 9.47 Å². The molecule has 0 saturated carbocycles. The maximum atomic E-state index is 6.11. The molecule has 3 rings (SSSR count). The summed E-state index contributed by atoms with van der Waals surface area (Å²) >= 11 is 0. The molecular weight excluding hydrogens is 288 g/mol. The standard InChI is InChI=1S/C19H28N2O2/c1-14-5-10-23-19(11-14)6-8-21(9-7-19)13-17-16(3)18(22-4)15(2)12-20-17/h11-12H,5-10,13H2,1-4H3. The molecule has 0 bridgehead atoms. The van der Waals surface area contributed by atoms with Crippen molar-refractivity contribution in [1.82, 2.24) is 9.88 Å². The lowest BCUT2D eigenvalue weighted by atomic mass is 9.87. The Hall–Kier alpha value is -1.39. The van der Waals surface area contributed by atoms with Gasteiger partial charge >= 0.3 is 0 Å². The number of hydrogen-bond acceptors (Lipinski definition) is 4. The van der Waals surface area contributed by atoms with Gasteiger partial charge in [0.15, 0.2) is 0 Å². The minimum absolute atomic E-state index is 0.00767. The van der Waals surface area contributed by atoms with Crippen LogP contribution < -0.4 is 4.74 Å². The Labute approximate surface area is 139 Å². The Kier molecular flexibility index (Phi) is 4.74. The largest absolute Gasteiger partial charge is 0.496 e. The van der Waals surface area contributed by atoms with Gasteiger partial charge < -0.3 is 9.47 Å². The van der Waals surface area contributed by atoms with Crippen molar-refractivity contribution >= 4 is 0 Å². The number of ether oxygens (including phenoxy) is 2. The van der Waals surface area contributed by atoms with Crippen LogP contribution in [0.3, 0.4) is 0 Å². The number of nitrogens with zero attached hydrogens (tertiary/aromatic N) is 2. The number of pyridine rings is 1. The van der Waals surface area contributed by atoms with Crippen molar-refractivity contribution in [2.45, 2.75) is 52.2 Å². The van der Waals surface area contributed by atoms with E-state index in [1.165, 1.54) is 5.57 Å². The predicted molar refractivity (Wildman–Crippen MR) is 91.8 cm³/mol. The normalized spacial score (nSPS) is 21.3. The van der Waals surface area contributed by atoms with Gasteiger partial charge in [0.1, 0.15) is 5.75 Å². The molecule has 0 radical (unpaired) electrons. The fraction of sp³-hybridized carbons (Fsp3) is 0.632. The average Bonchev–Trinajstić information content (AvgIpc) is 2.53. The molecule has 0 N–H and O–H groups in total. The molecule has 2 aliphatic rings. The molecule has 0 aromatic carbocycles. The van der Waals surface area contributed by atoms with E-state index in [1.54, 1.807) is 7.11 Å². The molecule has 1 spiro atoms. The number of methoxy groups -OCH3 is 1. The van der Waals surface area contributed by atoms with Crippen LogP contribution in [0.5, 0.6) is 5.75 Å². The molecule has 0 amide bonds. The number of aromatic nitrogens is 1. The zero-order valence-corrected chi connectivity index (χ0v) is 14.8. The Bertz CT molecular complexity index is 602. The molecule has 23 heavy (non-hydrogen) atoms. The van der Waals surface area contributed by atoms with E-state index in [9.17, 15) is 0 Å². The van der Waals surface area contributed by atoms with Gasteiger partial charge in [0.25, 0.3) is 0 Å². The summed E-state index contributed by atoms with van der Waals surface area (Å²) in [5.41, 5.74) is 4.86. The van der Waals surface area contributed by atoms with Crippen LogP contribution in [0.25, 0.3) is 0 Å². The zero-order valence-electron chi connectivity index (χ0n) is 14.8. The molecular formula is C19H28N2O2. The molecule has 1 aromatic heterocycles. The van der Waals surface area contributed by atoms with E-state index in [0.717, 1.165) is 68.1 Å². The van der Waals surface area contributed by atoms with Crippen LogP contribution in [0, 0.1) is 13.8 Å². The van der Waals surface area contributed by atoms with Crippen LogP contribution in [0.15, 0.2) is 17.8 Å². The molecule has 3 heterocycles. The molecule has 0 aliphatic carbocycles. The van der Waals surface area contributed by atoms with E-state index in [0.29, 0.717) is 0 Å². The highest BCUT2D eigenvalue weighted by atomic mass is 16.5. The van der Waals surface area contributed by atoms with Crippen LogP contribution in [0.1, 0.15) is 43.0 Å². The summed E-state index contributed by atoms with van der Waals surface area (Å²) < 4.78 is 11.6. The Morgan fingerprint density at radius 3 is 2.65 bits per heavy atom. The van der Waals surface area contributed by atoms with Crippen LogP contribution in [0.2, 0.25) is 0 Å². The minimum Gasteiger partial charge on any atom is -0.496 e. The lowest BCUT2D eigenvalue weighted by Gasteiger charge is -2.42. The second kappa shape index (κ2) is 6.62. The third-order valence-corrected chi connectivity index (χ3v) is 5.22. The van der Waals surface area contributed by atoms with E-state index in [2.05, 4.69) is 29.8 Å². The van der Waals surface area contributed by atoms with Crippen molar-refractivity contribution < 1.29 is 9.47 Å². The fourth-order valence-corrected chi connectivity index (χ4v) is 3.80. The van der Waals surface area contributed by atoms with Crippen molar-refractivity contribution in [3.8, 4) is 5.75 Å². The Morgan fingerprint density at radius 2 is 2.00 bits per heavy atom. The van der Waals surface area contributed by atoms with Gasteiger partial charge in [-0.15, -0.1) is 0 Å².